The fraction of sp³-hybridized carbons (Fsp3) is 0.429. The van der Waals surface area contributed by atoms with Crippen LogP contribution in [0.3, 0.4) is 0 Å². The summed E-state index contributed by atoms with van der Waals surface area (Å²) >= 11 is 7.41. The van der Waals surface area contributed by atoms with E-state index in [1.807, 2.05) is 24.4 Å². The van der Waals surface area contributed by atoms with Crippen molar-refractivity contribution < 1.29 is 4.79 Å². The van der Waals surface area contributed by atoms with E-state index in [1.165, 1.54) is 11.3 Å². The molecule has 0 bridgehead atoms. The number of aromatic nitrogens is 2. The van der Waals surface area contributed by atoms with E-state index in [1.54, 1.807) is 10.9 Å². The molecule has 3 rings (SSSR count). The van der Waals surface area contributed by atoms with Crippen molar-refractivity contribution in [2.24, 2.45) is 0 Å². The third-order valence-electron chi connectivity index (χ3n) is 3.85. The van der Waals surface area contributed by atoms with Crippen LogP contribution in [0, 0.1) is 0 Å². The first-order valence-corrected chi connectivity index (χ1v) is 8.13. The lowest BCUT2D eigenvalue weighted by Crippen LogP contribution is -2.54. The fourth-order valence-corrected chi connectivity index (χ4v) is 3.73. The minimum atomic E-state index is -0.587. The van der Waals surface area contributed by atoms with Gasteiger partial charge in [0.05, 0.1) is 10.9 Å². The molecule has 2 aromatic rings. The van der Waals surface area contributed by atoms with Gasteiger partial charge in [0, 0.05) is 17.3 Å². The van der Waals surface area contributed by atoms with E-state index in [2.05, 4.69) is 15.7 Å². The Bertz CT molecular complexity index is 608. The molecular formula is C14H18Cl2N4OS. The quantitative estimate of drug-likeness (QED) is 0.879. The van der Waals surface area contributed by atoms with E-state index in [4.69, 9.17) is 11.6 Å². The predicted molar refractivity (Wildman–Crippen MR) is 90.7 cm³/mol. The Balaban J connectivity index is 0.00000176. The molecule has 0 saturated carbocycles. The van der Waals surface area contributed by atoms with Gasteiger partial charge in [-0.1, -0.05) is 11.6 Å². The molecule has 0 atom stereocenters. The number of thiophene rings is 1. The van der Waals surface area contributed by atoms with Gasteiger partial charge in [0.1, 0.15) is 5.54 Å². The van der Waals surface area contributed by atoms with Gasteiger partial charge in [-0.05, 0) is 44.1 Å². The van der Waals surface area contributed by atoms with Crippen LogP contribution in [0.1, 0.15) is 17.7 Å². The summed E-state index contributed by atoms with van der Waals surface area (Å²) in [5.41, 5.74) is -0.587. The van der Waals surface area contributed by atoms with Gasteiger partial charge >= 0.3 is 0 Å². The van der Waals surface area contributed by atoms with Crippen molar-refractivity contribution in [2.45, 2.75) is 24.9 Å². The first kappa shape index (κ1) is 17.3. The van der Waals surface area contributed by atoms with Crippen molar-refractivity contribution in [3.05, 3.63) is 39.8 Å². The SMILES string of the molecule is Cl.O=C(NCc1ccc(Cl)s1)C1(n2cccn2)CCNCC1. The summed E-state index contributed by atoms with van der Waals surface area (Å²) in [7, 11) is 0. The molecule has 0 spiro atoms. The highest BCUT2D eigenvalue weighted by molar-refractivity contribution is 7.16. The summed E-state index contributed by atoms with van der Waals surface area (Å²) in [6.45, 7) is 2.14. The van der Waals surface area contributed by atoms with Gasteiger partial charge in [0.25, 0.3) is 0 Å². The smallest absolute Gasteiger partial charge is 0.248 e. The lowest BCUT2D eigenvalue weighted by molar-refractivity contribution is -0.132. The zero-order valence-electron chi connectivity index (χ0n) is 11.9. The second-order valence-electron chi connectivity index (χ2n) is 5.12. The van der Waals surface area contributed by atoms with E-state index in [0.29, 0.717) is 6.54 Å². The van der Waals surface area contributed by atoms with Crippen LogP contribution in [-0.4, -0.2) is 28.8 Å². The number of piperidine rings is 1. The molecule has 0 aliphatic carbocycles. The summed E-state index contributed by atoms with van der Waals surface area (Å²) in [6.07, 6.45) is 5.07. The van der Waals surface area contributed by atoms with E-state index >= 15 is 0 Å². The molecule has 0 radical (unpaired) electrons. The van der Waals surface area contributed by atoms with Gasteiger partial charge in [-0.2, -0.15) is 5.10 Å². The highest BCUT2D eigenvalue weighted by atomic mass is 35.5. The fourth-order valence-electron chi connectivity index (χ4n) is 2.70. The predicted octanol–water partition coefficient (Wildman–Crippen LogP) is 2.41. The van der Waals surface area contributed by atoms with Gasteiger partial charge in [0.2, 0.25) is 5.91 Å². The number of rotatable bonds is 4. The highest BCUT2D eigenvalue weighted by Crippen LogP contribution is 2.28. The molecule has 3 heterocycles. The highest BCUT2D eigenvalue weighted by Gasteiger charge is 2.41. The topological polar surface area (TPSA) is 59.0 Å². The summed E-state index contributed by atoms with van der Waals surface area (Å²) in [5, 5.41) is 10.6. The van der Waals surface area contributed by atoms with Gasteiger partial charge in [-0.3, -0.25) is 9.48 Å². The maximum Gasteiger partial charge on any atom is 0.248 e. The number of nitrogens with one attached hydrogen (secondary N) is 2. The number of carbonyl (C=O) groups excluding carboxylic acids is 1. The second-order valence-corrected chi connectivity index (χ2v) is 6.92. The molecular weight excluding hydrogens is 343 g/mol. The van der Waals surface area contributed by atoms with Crippen LogP contribution in [0.15, 0.2) is 30.6 Å². The Morgan fingerprint density at radius 3 is 2.82 bits per heavy atom. The first-order valence-electron chi connectivity index (χ1n) is 6.94. The molecule has 8 heteroatoms. The average Bonchev–Trinajstić information content (AvgIpc) is 3.17. The van der Waals surface area contributed by atoms with Crippen LogP contribution in [0.5, 0.6) is 0 Å². The van der Waals surface area contributed by atoms with Crippen molar-refractivity contribution in [1.29, 1.82) is 0 Å². The van der Waals surface area contributed by atoms with Crippen molar-refractivity contribution in [1.82, 2.24) is 20.4 Å². The maximum absolute atomic E-state index is 12.8. The first-order chi connectivity index (χ1) is 10.2. The number of amides is 1. The van der Waals surface area contributed by atoms with Crippen molar-refractivity contribution in [3.63, 3.8) is 0 Å². The minimum absolute atomic E-state index is 0. The van der Waals surface area contributed by atoms with Gasteiger partial charge in [0.15, 0.2) is 0 Å². The Labute approximate surface area is 144 Å². The molecule has 2 aromatic heterocycles. The van der Waals surface area contributed by atoms with Crippen LogP contribution >= 0.6 is 35.3 Å². The number of nitrogens with zero attached hydrogens (tertiary/aromatic N) is 2. The lowest BCUT2D eigenvalue weighted by atomic mass is 9.87. The minimum Gasteiger partial charge on any atom is -0.349 e. The number of hydrogen-bond acceptors (Lipinski definition) is 4. The van der Waals surface area contributed by atoms with E-state index in [0.717, 1.165) is 35.1 Å². The van der Waals surface area contributed by atoms with Crippen molar-refractivity contribution in [3.8, 4) is 0 Å². The van der Waals surface area contributed by atoms with Gasteiger partial charge < -0.3 is 10.6 Å². The number of halogens is 2. The Morgan fingerprint density at radius 1 is 1.45 bits per heavy atom. The molecule has 1 aliphatic rings. The Hall–Kier alpha value is -1.08. The lowest BCUT2D eigenvalue weighted by Gasteiger charge is -2.36. The van der Waals surface area contributed by atoms with Gasteiger partial charge in [-0.15, -0.1) is 23.7 Å². The third kappa shape index (κ3) is 3.46. The molecule has 0 aromatic carbocycles. The molecule has 1 saturated heterocycles. The molecule has 2 N–H and O–H groups in total. The molecule has 0 unspecified atom stereocenters. The zero-order valence-corrected chi connectivity index (χ0v) is 14.3. The van der Waals surface area contributed by atoms with Crippen molar-refractivity contribution in [2.75, 3.05) is 13.1 Å². The van der Waals surface area contributed by atoms with E-state index in [9.17, 15) is 4.79 Å². The molecule has 120 valence electrons. The molecule has 1 fully saturated rings. The molecule has 1 aliphatic heterocycles. The van der Waals surface area contributed by atoms with E-state index < -0.39 is 5.54 Å². The number of hydrogen-bond donors (Lipinski definition) is 2. The Morgan fingerprint density at radius 2 is 2.23 bits per heavy atom. The van der Waals surface area contributed by atoms with E-state index in [-0.39, 0.29) is 18.3 Å². The maximum atomic E-state index is 12.8. The monoisotopic (exact) mass is 360 g/mol. The molecule has 5 nitrogen and oxygen atoms in total. The van der Waals surface area contributed by atoms with Crippen LogP contribution in [-0.2, 0) is 16.9 Å². The van der Waals surface area contributed by atoms with Crippen molar-refractivity contribution >= 4 is 41.3 Å². The van der Waals surface area contributed by atoms with Crippen LogP contribution in [0.25, 0.3) is 0 Å². The number of carbonyl (C=O) groups is 1. The van der Waals surface area contributed by atoms with Crippen LogP contribution < -0.4 is 10.6 Å². The average molecular weight is 361 g/mol. The van der Waals surface area contributed by atoms with Crippen LogP contribution in [0.2, 0.25) is 4.34 Å². The summed E-state index contributed by atoms with van der Waals surface area (Å²) in [4.78, 5) is 13.8. The Kier molecular flexibility index (Phi) is 5.86. The zero-order chi connectivity index (χ0) is 14.7. The largest absolute Gasteiger partial charge is 0.349 e. The summed E-state index contributed by atoms with van der Waals surface area (Å²) < 4.78 is 2.54. The van der Waals surface area contributed by atoms with Gasteiger partial charge in [-0.25, -0.2) is 0 Å². The molecule has 1 amide bonds. The normalized spacial score (nSPS) is 16.8. The van der Waals surface area contributed by atoms with Crippen LogP contribution in [0.4, 0.5) is 0 Å². The summed E-state index contributed by atoms with van der Waals surface area (Å²) in [6, 6.07) is 5.65. The third-order valence-corrected chi connectivity index (χ3v) is 5.08. The molecule has 22 heavy (non-hydrogen) atoms. The standard InChI is InChI=1S/C14H17ClN4OS.ClH/c15-12-3-2-11(21-12)10-17-13(20)14(4-7-16-8-5-14)19-9-1-6-18-19;/h1-3,6,9,16H,4-5,7-8,10H2,(H,17,20);1H. The summed E-state index contributed by atoms with van der Waals surface area (Å²) in [5.74, 6) is 0.0252. The second kappa shape index (κ2) is 7.46.